The van der Waals surface area contributed by atoms with Gasteiger partial charge in [0.1, 0.15) is 5.76 Å². The second-order valence-corrected chi connectivity index (χ2v) is 4.58. The SMILES string of the molecule is CCCc1onc(N)c1-c1ccc(Cl)cc1Cl. The van der Waals surface area contributed by atoms with Gasteiger partial charge in [-0.15, -0.1) is 0 Å². The van der Waals surface area contributed by atoms with Crippen molar-refractivity contribution in [3.05, 3.63) is 34.0 Å². The van der Waals surface area contributed by atoms with Crippen LogP contribution in [0.1, 0.15) is 19.1 Å². The van der Waals surface area contributed by atoms with Crippen molar-refractivity contribution < 1.29 is 4.52 Å². The largest absolute Gasteiger partial charge is 0.380 e. The Morgan fingerprint density at radius 3 is 2.76 bits per heavy atom. The van der Waals surface area contributed by atoms with E-state index in [1.165, 1.54) is 0 Å². The molecule has 0 spiro atoms. The summed E-state index contributed by atoms with van der Waals surface area (Å²) in [5.41, 5.74) is 7.39. The van der Waals surface area contributed by atoms with Crippen LogP contribution in [0.15, 0.2) is 22.7 Å². The number of aromatic nitrogens is 1. The van der Waals surface area contributed by atoms with Crippen molar-refractivity contribution in [2.45, 2.75) is 19.8 Å². The van der Waals surface area contributed by atoms with Gasteiger partial charge in [-0.2, -0.15) is 0 Å². The van der Waals surface area contributed by atoms with Gasteiger partial charge < -0.3 is 10.3 Å². The maximum absolute atomic E-state index is 6.16. The summed E-state index contributed by atoms with van der Waals surface area (Å²) in [6.45, 7) is 2.06. The summed E-state index contributed by atoms with van der Waals surface area (Å²) < 4.78 is 5.21. The van der Waals surface area contributed by atoms with Gasteiger partial charge in [-0.1, -0.05) is 41.3 Å². The molecule has 1 aromatic heterocycles. The topological polar surface area (TPSA) is 52.0 Å². The van der Waals surface area contributed by atoms with Crippen LogP contribution in [0.2, 0.25) is 10.0 Å². The summed E-state index contributed by atoms with van der Waals surface area (Å²) in [7, 11) is 0. The monoisotopic (exact) mass is 270 g/mol. The summed E-state index contributed by atoms with van der Waals surface area (Å²) in [6.07, 6.45) is 1.73. The fraction of sp³-hybridized carbons (Fsp3) is 0.250. The van der Waals surface area contributed by atoms with Crippen molar-refractivity contribution in [1.29, 1.82) is 0 Å². The average molecular weight is 271 g/mol. The van der Waals surface area contributed by atoms with E-state index in [4.69, 9.17) is 33.5 Å². The molecule has 2 aromatic rings. The Bertz CT molecular complexity index is 537. The van der Waals surface area contributed by atoms with E-state index in [0.717, 1.165) is 29.7 Å². The van der Waals surface area contributed by atoms with Gasteiger partial charge in [0.15, 0.2) is 5.82 Å². The number of hydrogen-bond donors (Lipinski definition) is 1. The Labute approximate surface area is 109 Å². The quantitative estimate of drug-likeness (QED) is 0.910. The van der Waals surface area contributed by atoms with Gasteiger partial charge in [0.05, 0.1) is 10.6 Å². The first-order valence-corrected chi connectivity index (χ1v) is 6.08. The van der Waals surface area contributed by atoms with Crippen molar-refractivity contribution >= 4 is 29.0 Å². The zero-order valence-electron chi connectivity index (χ0n) is 9.34. The number of nitrogen functional groups attached to an aromatic ring is 1. The third-order valence-corrected chi connectivity index (χ3v) is 3.01. The molecule has 90 valence electrons. The number of nitrogens with zero attached hydrogens (tertiary/aromatic N) is 1. The van der Waals surface area contributed by atoms with Crippen LogP contribution in [0.5, 0.6) is 0 Å². The molecule has 1 heterocycles. The maximum atomic E-state index is 6.16. The van der Waals surface area contributed by atoms with Crippen LogP contribution in [0.3, 0.4) is 0 Å². The highest BCUT2D eigenvalue weighted by Crippen LogP contribution is 2.36. The van der Waals surface area contributed by atoms with Gasteiger partial charge in [0.25, 0.3) is 0 Å². The molecular formula is C12H12Cl2N2O. The second kappa shape index (κ2) is 4.98. The molecule has 2 N–H and O–H groups in total. The summed E-state index contributed by atoms with van der Waals surface area (Å²) in [5, 5.41) is 4.92. The normalized spacial score (nSPS) is 10.8. The molecule has 0 unspecified atom stereocenters. The van der Waals surface area contributed by atoms with E-state index in [1.54, 1.807) is 12.1 Å². The molecule has 0 radical (unpaired) electrons. The van der Waals surface area contributed by atoms with E-state index < -0.39 is 0 Å². The van der Waals surface area contributed by atoms with Crippen molar-refractivity contribution in [2.75, 3.05) is 5.73 Å². The van der Waals surface area contributed by atoms with E-state index in [-0.39, 0.29) is 0 Å². The van der Waals surface area contributed by atoms with Crippen LogP contribution in [0.25, 0.3) is 11.1 Å². The number of rotatable bonds is 3. The van der Waals surface area contributed by atoms with Crippen LogP contribution in [0.4, 0.5) is 5.82 Å². The lowest BCUT2D eigenvalue weighted by molar-refractivity contribution is 0.385. The van der Waals surface area contributed by atoms with Gasteiger partial charge in [0.2, 0.25) is 0 Å². The summed E-state index contributed by atoms with van der Waals surface area (Å²) in [5.74, 6) is 1.12. The van der Waals surface area contributed by atoms with Crippen LogP contribution in [-0.2, 0) is 6.42 Å². The van der Waals surface area contributed by atoms with E-state index in [9.17, 15) is 0 Å². The molecule has 0 atom stereocenters. The third kappa shape index (κ3) is 2.40. The molecule has 2 rings (SSSR count). The third-order valence-electron chi connectivity index (χ3n) is 2.47. The minimum Gasteiger partial charge on any atom is -0.380 e. The predicted octanol–water partition coefficient (Wildman–Crippen LogP) is 4.18. The molecule has 0 aliphatic carbocycles. The molecule has 0 amide bonds. The number of hydrogen-bond acceptors (Lipinski definition) is 3. The Hall–Kier alpha value is -1.19. The number of benzene rings is 1. The lowest BCUT2D eigenvalue weighted by Gasteiger charge is -2.04. The number of nitrogens with two attached hydrogens (primary N) is 1. The van der Waals surface area contributed by atoms with Crippen molar-refractivity contribution in [1.82, 2.24) is 5.16 Å². The molecule has 0 saturated heterocycles. The Balaban J connectivity index is 2.55. The fourth-order valence-corrected chi connectivity index (χ4v) is 2.22. The van der Waals surface area contributed by atoms with Crippen molar-refractivity contribution in [3.63, 3.8) is 0 Å². The van der Waals surface area contributed by atoms with Gasteiger partial charge in [-0.05, 0) is 18.6 Å². The number of halogens is 2. The van der Waals surface area contributed by atoms with E-state index in [1.807, 2.05) is 6.07 Å². The van der Waals surface area contributed by atoms with Gasteiger partial charge in [-0.3, -0.25) is 0 Å². The second-order valence-electron chi connectivity index (χ2n) is 3.74. The lowest BCUT2D eigenvalue weighted by Crippen LogP contribution is -1.91. The minimum atomic E-state index is 0.359. The molecule has 0 saturated carbocycles. The Morgan fingerprint density at radius 2 is 2.12 bits per heavy atom. The van der Waals surface area contributed by atoms with E-state index in [2.05, 4.69) is 12.1 Å². The first-order chi connectivity index (χ1) is 8.13. The highest BCUT2D eigenvalue weighted by atomic mass is 35.5. The molecule has 0 fully saturated rings. The van der Waals surface area contributed by atoms with Gasteiger partial charge >= 0.3 is 0 Å². The smallest absolute Gasteiger partial charge is 0.175 e. The van der Waals surface area contributed by atoms with E-state index >= 15 is 0 Å². The molecule has 1 aromatic carbocycles. The first-order valence-electron chi connectivity index (χ1n) is 5.33. The van der Waals surface area contributed by atoms with Crippen LogP contribution in [-0.4, -0.2) is 5.16 Å². The molecular weight excluding hydrogens is 259 g/mol. The molecule has 0 bridgehead atoms. The zero-order chi connectivity index (χ0) is 12.4. The van der Waals surface area contributed by atoms with Gasteiger partial charge in [-0.25, -0.2) is 0 Å². The standard InChI is InChI=1S/C12H12Cl2N2O/c1-2-3-10-11(12(15)16-17-10)8-5-4-7(13)6-9(8)14/h4-6H,2-3H2,1H3,(H2,15,16). The molecule has 17 heavy (non-hydrogen) atoms. The summed E-state index contributed by atoms with van der Waals surface area (Å²) in [4.78, 5) is 0. The summed E-state index contributed by atoms with van der Waals surface area (Å²) in [6, 6.07) is 5.28. The minimum absolute atomic E-state index is 0.359. The van der Waals surface area contributed by atoms with Gasteiger partial charge in [0, 0.05) is 17.0 Å². The van der Waals surface area contributed by atoms with Crippen LogP contribution >= 0.6 is 23.2 Å². The van der Waals surface area contributed by atoms with E-state index in [0.29, 0.717) is 15.9 Å². The first kappa shape index (κ1) is 12.3. The number of aryl methyl sites for hydroxylation is 1. The van der Waals surface area contributed by atoms with Crippen LogP contribution in [0, 0.1) is 0 Å². The Morgan fingerprint density at radius 1 is 1.35 bits per heavy atom. The highest BCUT2D eigenvalue weighted by Gasteiger charge is 2.17. The number of anilines is 1. The molecule has 0 aliphatic rings. The molecule has 3 nitrogen and oxygen atoms in total. The lowest BCUT2D eigenvalue weighted by atomic mass is 10.0. The Kier molecular flexibility index (Phi) is 3.60. The molecule has 5 heteroatoms. The van der Waals surface area contributed by atoms with Crippen molar-refractivity contribution in [3.8, 4) is 11.1 Å². The predicted molar refractivity (Wildman–Crippen MR) is 70.4 cm³/mol. The summed E-state index contributed by atoms with van der Waals surface area (Å²) >= 11 is 12.0. The van der Waals surface area contributed by atoms with Crippen molar-refractivity contribution in [2.24, 2.45) is 0 Å². The molecule has 0 aliphatic heterocycles. The average Bonchev–Trinajstić information content (AvgIpc) is 2.62. The van der Waals surface area contributed by atoms with Crippen LogP contribution < -0.4 is 5.73 Å². The fourth-order valence-electron chi connectivity index (χ4n) is 1.72. The highest BCUT2D eigenvalue weighted by molar-refractivity contribution is 6.36. The maximum Gasteiger partial charge on any atom is 0.175 e. The zero-order valence-corrected chi connectivity index (χ0v) is 10.8.